The van der Waals surface area contributed by atoms with Crippen LogP contribution in [0.3, 0.4) is 0 Å². The van der Waals surface area contributed by atoms with Gasteiger partial charge in [0, 0.05) is 13.0 Å². The lowest BCUT2D eigenvalue weighted by molar-refractivity contribution is -0.129. The Bertz CT molecular complexity index is 560. The van der Waals surface area contributed by atoms with Crippen LogP contribution in [0.4, 0.5) is 0 Å². The number of nitrogens with two attached hydrogens (primary N) is 1. The van der Waals surface area contributed by atoms with Gasteiger partial charge in [-0.25, -0.2) is 0 Å². The fourth-order valence-electron chi connectivity index (χ4n) is 2.74. The molecule has 0 bridgehead atoms. The standard InChI is InChI=1S/C21H35N3O3/c1-4-16(2)7-5-6-8-20(25)24-19(13-14-22)21(26)23-15-17-9-11-18(27-3)12-10-17/h9-12,16,19H,4-8,13-15,22H2,1-3H3,(H,23,26)(H,24,25)/t16?,19-/m0/s1. The molecule has 2 amide bonds. The lowest BCUT2D eigenvalue weighted by Crippen LogP contribution is -2.47. The number of rotatable bonds is 13. The van der Waals surface area contributed by atoms with Gasteiger partial charge < -0.3 is 21.1 Å². The van der Waals surface area contributed by atoms with Crippen LogP contribution in [-0.4, -0.2) is 31.5 Å². The van der Waals surface area contributed by atoms with Crippen molar-refractivity contribution in [2.45, 2.75) is 65.0 Å². The smallest absolute Gasteiger partial charge is 0.242 e. The molecule has 0 aliphatic heterocycles. The SMILES string of the molecule is CCC(C)CCCCC(=O)N[C@@H](CCN)C(=O)NCc1ccc(OC)cc1. The molecule has 1 unspecified atom stereocenters. The summed E-state index contributed by atoms with van der Waals surface area (Å²) in [4.78, 5) is 24.6. The number of ether oxygens (including phenoxy) is 1. The average molecular weight is 378 g/mol. The van der Waals surface area contributed by atoms with Crippen LogP contribution in [0.15, 0.2) is 24.3 Å². The number of carbonyl (C=O) groups is 2. The Morgan fingerprint density at radius 3 is 2.44 bits per heavy atom. The lowest BCUT2D eigenvalue weighted by atomic mass is 10.0. The molecule has 2 atom stereocenters. The first kappa shape index (κ1) is 23.0. The minimum Gasteiger partial charge on any atom is -0.497 e. The van der Waals surface area contributed by atoms with Crippen LogP contribution in [0.25, 0.3) is 0 Å². The first-order chi connectivity index (χ1) is 13.0. The van der Waals surface area contributed by atoms with Gasteiger partial charge in [0.05, 0.1) is 7.11 Å². The van der Waals surface area contributed by atoms with Crippen LogP contribution in [0.1, 0.15) is 57.9 Å². The molecule has 0 aliphatic rings. The van der Waals surface area contributed by atoms with Crippen LogP contribution in [-0.2, 0) is 16.1 Å². The molecule has 0 aromatic heterocycles. The largest absolute Gasteiger partial charge is 0.497 e. The van der Waals surface area contributed by atoms with Gasteiger partial charge in [-0.15, -0.1) is 0 Å². The van der Waals surface area contributed by atoms with E-state index < -0.39 is 6.04 Å². The molecule has 6 heteroatoms. The summed E-state index contributed by atoms with van der Waals surface area (Å²) in [6.07, 6.45) is 5.06. The Hall–Kier alpha value is -2.08. The number of methoxy groups -OCH3 is 1. The molecule has 4 N–H and O–H groups in total. The second kappa shape index (κ2) is 13.1. The molecular formula is C21H35N3O3. The number of amides is 2. The van der Waals surface area contributed by atoms with Crippen LogP contribution in [0.2, 0.25) is 0 Å². The van der Waals surface area contributed by atoms with Crippen molar-refractivity contribution in [3.63, 3.8) is 0 Å². The normalized spacial score (nSPS) is 12.9. The Kier molecular flexibility index (Phi) is 11.2. The maximum absolute atomic E-state index is 12.4. The molecule has 1 aromatic rings. The highest BCUT2D eigenvalue weighted by molar-refractivity contribution is 5.87. The number of benzene rings is 1. The Labute approximate surface area is 163 Å². The van der Waals surface area contributed by atoms with Gasteiger partial charge >= 0.3 is 0 Å². The van der Waals surface area contributed by atoms with Gasteiger partial charge in [0.2, 0.25) is 11.8 Å². The second-order valence-electron chi connectivity index (χ2n) is 7.02. The highest BCUT2D eigenvalue weighted by Crippen LogP contribution is 2.12. The monoisotopic (exact) mass is 377 g/mol. The van der Waals surface area contributed by atoms with Crippen LogP contribution >= 0.6 is 0 Å². The molecule has 152 valence electrons. The Morgan fingerprint density at radius 1 is 1.15 bits per heavy atom. The summed E-state index contributed by atoms with van der Waals surface area (Å²) in [5.41, 5.74) is 6.57. The first-order valence-corrected chi connectivity index (χ1v) is 9.90. The van der Waals surface area contributed by atoms with E-state index in [1.807, 2.05) is 24.3 Å². The van der Waals surface area contributed by atoms with Gasteiger partial charge in [0.15, 0.2) is 0 Å². The molecule has 27 heavy (non-hydrogen) atoms. The van der Waals surface area contributed by atoms with Crippen molar-refractivity contribution < 1.29 is 14.3 Å². The zero-order chi connectivity index (χ0) is 20.1. The zero-order valence-electron chi connectivity index (χ0n) is 16.9. The van der Waals surface area contributed by atoms with E-state index in [2.05, 4.69) is 24.5 Å². The number of hydrogen-bond donors (Lipinski definition) is 3. The van der Waals surface area contributed by atoms with E-state index in [9.17, 15) is 9.59 Å². The van der Waals surface area contributed by atoms with Gasteiger partial charge in [-0.1, -0.05) is 45.2 Å². The van der Waals surface area contributed by atoms with Crippen molar-refractivity contribution in [3.05, 3.63) is 29.8 Å². The van der Waals surface area contributed by atoms with E-state index in [0.29, 0.717) is 31.8 Å². The van der Waals surface area contributed by atoms with Crippen LogP contribution in [0, 0.1) is 5.92 Å². The minimum absolute atomic E-state index is 0.0859. The molecule has 0 heterocycles. The van der Waals surface area contributed by atoms with E-state index in [0.717, 1.165) is 30.6 Å². The fourth-order valence-corrected chi connectivity index (χ4v) is 2.74. The number of carbonyl (C=O) groups excluding carboxylic acids is 2. The molecule has 0 saturated heterocycles. The summed E-state index contributed by atoms with van der Waals surface area (Å²) in [6, 6.07) is 6.90. The van der Waals surface area contributed by atoms with Gasteiger partial charge in [-0.05, 0) is 43.0 Å². The highest BCUT2D eigenvalue weighted by Gasteiger charge is 2.19. The van der Waals surface area contributed by atoms with E-state index in [1.54, 1.807) is 7.11 Å². The van der Waals surface area contributed by atoms with E-state index in [-0.39, 0.29) is 11.8 Å². The maximum atomic E-state index is 12.4. The van der Waals surface area contributed by atoms with Crippen molar-refractivity contribution in [3.8, 4) is 5.75 Å². The third kappa shape index (κ3) is 9.43. The van der Waals surface area contributed by atoms with Crippen molar-refractivity contribution in [1.29, 1.82) is 0 Å². The third-order valence-corrected chi connectivity index (χ3v) is 4.78. The van der Waals surface area contributed by atoms with Crippen molar-refractivity contribution >= 4 is 11.8 Å². The van der Waals surface area contributed by atoms with Crippen molar-refractivity contribution in [1.82, 2.24) is 10.6 Å². The van der Waals surface area contributed by atoms with Gasteiger partial charge in [-0.3, -0.25) is 9.59 Å². The predicted octanol–water partition coefficient (Wildman–Crippen LogP) is 2.75. The molecule has 0 saturated carbocycles. The summed E-state index contributed by atoms with van der Waals surface area (Å²) in [5, 5.41) is 5.69. The third-order valence-electron chi connectivity index (χ3n) is 4.78. The summed E-state index contributed by atoms with van der Waals surface area (Å²) >= 11 is 0. The molecule has 0 radical (unpaired) electrons. The van der Waals surface area contributed by atoms with Crippen molar-refractivity contribution in [2.75, 3.05) is 13.7 Å². The highest BCUT2D eigenvalue weighted by atomic mass is 16.5. The molecule has 0 fully saturated rings. The summed E-state index contributed by atoms with van der Waals surface area (Å²) in [6.45, 7) is 5.15. The number of nitrogens with one attached hydrogen (secondary N) is 2. The van der Waals surface area contributed by atoms with Crippen molar-refractivity contribution in [2.24, 2.45) is 11.7 Å². The summed E-state index contributed by atoms with van der Waals surface area (Å²) in [7, 11) is 1.61. The van der Waals surface area contributed by atoms with E-state index in [4.69, 9.17) is 10.5 Å². The van der Waals surface area contributed by atoms with Gasteiger partial charge in [0.1, 0.15) is 11.8 Å². The predicted molar refractivity (Wildman–Crippen MR) is 108 cm³/mol. The average Bonchev–Trinajstić information content (AvgIpc) is 2.69. The quantitative estimate of drug-likeness (QED) is 0.461. The molecule has 1 aromatic carbocycles. The summed E-state index contributed by atoms with van der Waals surface area (Å²) < 4.78 is 5.12. The Morgan fingerprint density at radius 2 is 1.85 bits per heavy atom. The topological polar surface area (TPSA) is 93.5 Å². The minimum atomic E-state index is -0.588. The maximum Gasteiger partial charge on any atom is 0.242 e. The van der Waals surface area contributed by atoms with E-state index >= 15 is 0 Å². The molecule has 0 spiro atoms. The summed E-state index contributed by atoms with van der Waals surface area (Å²) in [5.74, 6) is 1.18. The van der Waals surface area contributed by atoms with Gasteiger partial charge in [-0.2, -0.15) is 0 Å². The number of hydrogen-bond acceptors (Lipinski definition) is 4. The molecular weight excluding hydrogens is 342 g/mol. The zero-order valence-corrected chi connectivity index (χ0v) is 16.9. The second-order valence-corrected chi connectivity index (χ2v) is 7.02. The number of unbranched alkanes of at least 4 members (excludes halogenated alkanes) is 1. The van der Waals surface area contributed by atoms with Gasteiger partial charge in [0.25, 0.3) is 0 Å². The first-order valence-electron chi connectivity index (χ1n) is 9.90. The molecule has 0 aliphatic carbocycles. The van der Waals surface area contributed by atoms with Crippen LogP contribution < -0.4 is 21.1 Å². The fraction of sp³-hybridized carbons (Fsp3) is 0.619. The molecule has 1 rings (SSSR count). The van der Waals surface area contributed by atoms with E-state index in [1.165, 1.54) is 6.42 Å². The Balaban J connectivity index is 2.41. The lowest BCUT2D eigenvalue weighted by Gasteiger charge is -2.18. The van der Waals surface area contributed by atoms with Crippen LogP contribution in [0.5, 0.6) is 5.75 Å². The molecule has 6 nitrogen and oxygen atoms in total.